The second-order valence-corrected chi connectivity index (χ2v) is 23.4. The first-order valence-corrected chi connectivity index (χ1v) is 35.1. The SMILES string of the molecule is CC/C=C\C/C=C\C/C=C\C/C=C\C/C=C\CCCCCCCCCCCCCCCCCCCCCC(=O)OCC(COC(=O)CCCCCCCCCCCCCC)OC(=O)CCCCCCC/C=C\C/C=C\CCCCCC. The Bertz CT molecular complexity index is 1530. The number of rotatable bonds is 64. The molecule has 1 atom stereocenters. The average molecular weight is 1130 g/mol. The number of ether oxygens (including phenoxy) is 3. The Morgan fingerprint density at radius 1 is 0.259 bits per heavy atom. The van der Waals surface area contributed by atoms with Crippen molar-refractivity contribution in [3.8, 4) is 0 Å². The molecule has 0 aliphatic rings. The van der Waals surface area contributed by atoms with Gasteiger partial charge in [-0.05, 0) is 96.3 Å². The number of carbonyl (C=O) groups excluding carboxylic acids is 3. The van der Waals surface area contributed by atoms with Crippen LogP contribution in [0.15, 0.2) is 85.1 Å². The zero-order valence-corrected chi connectivity index (χ0v) is 53.8. The van der Waals surface area contributed by atoms with Crippen LogP contribution in [0, 0.1) is 0 Å². The Kier molecular flexibility index (Phi) is 66.2. The Hall–Kier alpha value is -3.41. The zero-order valence-electron chi connectivity index (χ0n) is 53.8. The molecule has 0 spiro atoms. The van der Waals surface area contributed by atoms with Crippen molar-refractivity contribution in [1.82, 2.24) is 0 Å². The lowest BCUT2D eigenvalue weighted by atomic mass is 10.0. The van der Waals surface area contributed by atoms with Gasteiger partial charge in [0.1, 0.15) is 13.2 Å². The number of carbonyl (C=O) groups is 3. The molecular formula is C75H132O6. The monoisotopic (exact) mass is 1130 g/mol. The maximum atomic E-state index is 12.9. The van der Waals surface area contributed by atoms with E-state index in [1.807, 2.05) is 0 Å². The van der Waals surface area contributed by atoms with Crippen molar-refractivity contribution in [2.45, 2.75) is 361 Å². The summed E-state index contributed by atoms with van der Waals surface area (Å²) >= 11 is 0. The van der Waals surface area contributed by atoms with Crippen LogP contribution in [-0.2, 0) is 28.6 Å². The number of esters is 3. The Balaban J connectivity index is 4.10. The molecule has 0 aromatic heterocycles. The van der Waals surface area contributed by atoms with Gasteiger partial charge in [0.05, 0.1) is 0 Å². The lowest BCUT2D eigenvalue weighted by Gasteiger charge is -2.18. The molecule has 0 saturated carbocycles. The van der Waals surface area contributed by atoms with E-state index in [1.165, 1.54) is 199 Å². The van der Waals surface area contributed by atoms with Gasteiger partial charge >= 0.3 is 17.9 Å². The van der Waals surface area contributed by atoms with Crippen molar-refractivity contribution >= 4 is 17.9 Å². The maximum absolute atomic E-state index is 12.9. The number of allylic oxidation sites excluding steroid dienone is 14. The van der Waals surface area contributed by atoms with Crippen LogP contribution in [0.4, 0.5) is 0 Å². The fraction of sp³-hybridized carbons (Fsp3) is 0.773. The highest BCUT2D eigenvalue weighted by molar-refractivity contribution is 5.71. The molecule has 0 heterocycles. The Morgan fingerprint density at radius 2 is 0.481 bits per heavy atom. The Labute approximate surface area is 503 Å². The van der Waals surface area contributed by atoms with E-state index in [2.05, 4.69) is 106 Å². The second kappa shape index (κ2) is 69.1. The van der Waals surface area contributed by atoms with Gasteiger partial charge in [0, 0.05) is 19.3 Å². The lowest BCUT2D eigenvalue weighted by Crippen LogP contribution is -2.30. The number of hydrogen-bond donors (Lipinski definition) is 0. The van der Waals surface area contributed by atoms with Crippen LogP contribution in [0.5, 0.6) is 0 Å². The highest BCUT2D eigenvalue weighted by Gasteiger charge is 2.19. The molecule has 6 nitrogen and oxygen atoms in total. The molecule has 0 aliphatic carbocycles. The highest BCUT2D eigenvalue weighted by Crippen LogP contribution is 2.18. The van der Waals surface area contributed by atoms with Crippen molar-refractivity contribution in [3.05, 3.63) is 85.1 Å². The first kappa shape index (κ1) is 77.6. The van der Waals surface area contributed by atoms with Crippen molar-refractivity contribution in [2.24, 2.45) is 0 Å². The molecule has 0 aromatic carbocycles. The third kappa shape index (κ3) is 67.3. The van der Waals surface area contributed by atoms with E-state index in [-0.39, 0.29) is 31.1 Å². The minimum Gasteiger partial charge on any atom is -0.462 e. The van der Waals surface area contributed by atoms with Crippen LogP contribution < -0.4 is 0 Å². The molecule has 6 heteroatoms. The summed E-state index contributed by atoms with van der Waals surface area (Å²) in [5.41, 5.74) is 0. The van der Waals surface area contributed by atoms with Crippen LogP contribution >= 0.6 is 0 Å². The molecule has 1 unspecified atom stereocenters. The molecular weight excluding hydrogens is 997 g/mol. The van der Waals surface area contributed by atoms with E-state index in [1.54, 1.807) is 0 Å². The molecule has 0 aliphatic heterocycles. The van der Waals surface area contributed by atoms with E-state index in [9.17, 15) is 14.4 Å². The molecule has 0 N–H and O–H groups in total. The topological polar surface area (TPSA) is 78.9 Å². The summed E-state index contributed by atoms with van der Waals surface area (Å²) < 4.78 is 16.9. The van der Waals surface area contributed by atoms with E-state index in [0.29, 0.717) is 19.3 Å². The maximum Gasteiger partial charge on any atom is 0.306 e. The number of unbranched alkanes of at least 4 members (excludes halogenated alkanes) is 39. The minimum atomic E-state index is -0.780. The molecule has 0 amide bonds. The molecule has 0 rings (SSSR count). The summed E-state index contributed by atoms with van der Waals surface area (Å²) in [6.45, 7) is 6.54. The van der Waals surface area contributed by atoms with Gasteiger partial charge in [-0.2, -0.15) is 0 Å². The molecule has 0 aromatic rings. The van der Waals surface area contributed by atoms with Gasteiger partial charge in [0.2, 0.25) is 0 Å². The summed E-state index contributed by atoms with van der Waals surface area (Å²) in [7, 11) is 0. The molecule has 468 valence electrons. The fourth-order valence-electron chi connectivity index (χ4n) is 10.2. The quantitative estimate of drug-likeness (QED) is 0.0261. The summed E-state index contributed by atoms with van der Waals surface area (Å²) in [6, 6.07) is 0. The molecule has 0 saturated heterocycles. The average Bonchev–Trinajstić information content (AvgIpc) is 3.47. The molecule has 0 fully saturated rings. The van der Waals surface area contributed by atoms with E-state index >= 15 is 0 Å². The van der Waals surface area contributed by atoms with Crippen LogP contribution in [0.2, 0.25) is 0 Å². The molecule has 0 bridgehead atoms. The summed E-state index contributed by atoms with van der Waals surface area (Å²) in [4.78, 5) is 38.3. The first-order valence-electron chi connectivity index (χ1n) is 35.1. The Morgan fingerprint density at radius 3 is 0.765 bits per heavy atom. The predicted molar refractivity (Wildman–Crippen MR) is 353 cm³/mol. The lowest BCUT2D eigenvalue weighted by molar-refractivity contribution is -0.167. The van der Waals surface area contributed by atoms with Crippen LogP contribution in [0.1, 0.15) is 355 Å². The van der Waals surface area contributed by atoms with E-state index in [0.717, 1.165) is 116 Å². The molecule has 0 radical (unpaired) electrons. The largest absolute Gasteiger partial charge is 0.462 e. The third-order valence-corrected chi connectivity index (χ3v) is 15.4. The van der Waals surface area contributed by atoms with Crippen LogP contribution in [0.3, 0.4) is 0 Å². The van der Waals surface area contributed by atoms with Gasteiger partial charge in [-0.3, -0.25) is 14.4 Å². The van der Waals surface area contributed by atoms with Crippen molar-refractivity contribution in [3.63, 3.8) is 0 Å². The third-order valence-electron chi connectivity index (χ3n) is 15.4. The van der Waals surface area contributed by atoms with Gasteiger partial charge in [0.25, 0.3) is 0 Å². The first-order chi connectivity index (χ1) is 40.0. The smallest absolute Gasteiger partial charge is 0.306 e. The number of hydrogen-bond acceptors (Lipinski definition) is 6. The normalized spacial score (nSPS) is 12.6. The van der Waals surface area contributed by atoms with Gasteiger partial charge in [-0.25, -0.2) is 0 Å². The van der Waals surface area contributed by atoms with Gasteiger partial charge < -0.3 is 14.2 Å². The van der Waals surface area contributed by atoms with Crippen molar-refractivity contribution in [2.75, 3.05) is 13.2 Å². The highest BCUT2D eigenvalue weighted by atomic mass is 16.6. The van der Waals surface area contributed by atoms with Crippen LogP contribution in [-0.4, -0.2) is 37.2 Å². The van der Waals surface area contributed by atoms with Crippen molar-refractivity contribution < 1.29 is 28.6 Å². The van der Waals surface area contributed by atoms with Crippen molar-refractivity contribution in [1.29, 1.82) is 0 Å². The van der Waals surface area contributed by atoms with Gasteiger partial charge in [0.15, 0.2) is 6.10 Å². The standard InChI is InChI=1S/C75H132O6/c1-4-7-10-13-16-19-22-25-27-29-30-31-32-33-34-35-36-37-38-39-40-41-42-43-44-45-46-47-49-50-53-56-59-62-65-68-74(77)80-71-72(70-79-73(76)67-64-61-58-55-52-24-21-18-15-12-9-6-3)81-75(78)69-66-63-60-57-54-51-48-28-26-23-20-17-14-11-8-5-2/h7,10,16,19-20,23,25,27-28,30-31,33-34,48,72H,4-6,8-9,11-15,17-18,21-22,24,26,29,32,35-47,49-71H2,1-3H3/b10-7-,19-16-,23-20-,27-25-,31-30-,34-33-,48-28-. The zero-order chi connectivity index (χ0) is 58.5. The van der Waals surface area contributed by atoms with Gasteiger partial charge in [-0.15, -0.1) is 0 Å². The molecule has 81 heavy (non-hydrogen) atoms. The predicted octanol–water partition coefficient (Wildman–Crippen LogP) is 24.2. The fourth-order valence-corrected chi connectivity index (χ4v) is 10.2. The summed E-state index contributed by atoms with van der Waals surface area (Å²) in [5, 5.41) is 0. The second-order valence-electron chi connectivity index (χ2n) is 23.4. The summed E-state index contributed by atoms with van der Waals surface area (Å²) in [5.74, 6) is -0.871. The van der Waals surface area contributed by atoms with E-state index in [4.69, 9.17) is 14.2 Å². The van der Waals surface area contributed by atoms with Crippen LogP contribution in [0.25, 0.3) is 0 Å². The summed E-state index contributed by atoms with van der Waals surface area (Å²) in [6.07, 6.45) is 91.9. The minimum absolute atomic E-state index is 0.0760. The van der Waals surface area contributed by atoms with E-state index < -0.39 is 6.10 Å². The van der Waals surface area contributed by atoms with Gasteiger partial charge in [-0.1, -0.05) is 324 Å².